The summed E-state index contributed by atoms with van der Waals surface area (Å²) in [5.41, 5.74) is 1.10. The minimum Gasteiger partial charge on any atom is -0.339 e. The van der Waals surface area contributed by atoms with Crippen molar-refractivity contribution in [2.24, 2.45) is 0 Å². The van der Waals surface area contributed by atoms with Crippen molar-refractivity contribution in [3.8, 4) is 5.95 Å². The van der Waals surface area contributed by atoms with Crippen molar-refractivity contribution >= 4 is 17.5 Å². The normalized spacial score (nSPS) is 10.6. The average molecular weight is 302 g/mol. The smallest absolute Gasteiger partial charge is 0.241 e. The van der Waals surface area contributed by atoms with Crippen LogP contribution in [0, 0.1) is 0 Å². The second-order valence-corrected chi connectivity index (χ2v) is 4.72. The molecular formula is C13H12ClN7. The van der Waals surface area contributed by atoms with Crippen LogP contribution in [0.25, 0.3) is 5.95 Å². The lowest BCUT2D eigenvalue weighted by molar-refractivity contribution is 0.821. The molecule has 0 radical (unpaired) electrons. The Bertz CT molecular complexity index is 715. The van der Waals surface area contributed by atoms with Gasteiger partial charge in [0.05, 0.1) is 0 Å². The standard InChI is InChI=1S/C13H12ClN7/c1-20(8-10-2-4-15-5-3-10)12-17-11(14)18-13(19-12)21-7-6-16-9-21/h2-7,9H,8H2,1H3. The second-order valence-electron chi connectivity index (χ2n) is 4.39. The van der Waals surface area contributed by atoms with Crippen molar-refractivity contribution < 1.29 is 0 Å². The van der Waals surface area contributed by atoms with Crippen LogP contribution in [-0.4, -0.2) is 36.5 Å². The SMILES string of the molecule is CN(Cc1ccncc1)c1nc(Cl)nc(-n2ccnc2)n1. The number of nitrogens with zero attached hydrogens (tertiary/aromatic N) is 7. The first-order valence-corrected chi connectivity index (χ1v) is 6.60. The first kappa shape index (κ1) is 13.4. The molecule has 3 aromatic heterocycles. The van der Waals surface area contributed by atoms with Gasteiger partial charge in [0.15, 0.2) is 0 Å². The molecule has 0 spiro atoms. The molecule has 7 nitrogen and oxygen atoms in total. The molecular weight excluding hydrogens is 290 g/mol. The van der Waals surface area contributed by atoms with Crippen LogP contribution in [0.2, 0.25) is 5.28 Å². The van der Waals surface area contributed by atoms with Gasteiger partial charge in [-0.15, -0.1) is 0 Å². The average Bonchev–Trinajstić information content (AvgIpc) is 3.02. The molecule has 3 aromatic rings. The number of rotatable bonds is 4. The lowest BCUT2D eigenvalue weighted by Crippen LogP contribution is -2.20. The molecule has 0 aliphatic heterocycles. The van der Waals surface area contributed by atoms with E-state index in [9.17, 15) is 0 Å². The van der Waals surface area contributed by atoms with Crippen molar-refractivity contribution in [3.63, 3.8) is 0 Å². The van der Waals surface area contributed by atoms with Gasteiger partial charge >= 0.3 is 0 Å². The molecule has 0 aliphatic carbocycles. The Morgan fingerprint density at radius 3 is 2.62 bits per heavy atom. The van der Waals surface area contributed by atoms with Crippen molar-refractivity contribution in [3.05, 3.63) is 54.1 Å². The van der Waals surface area contributed by atoms with Gasteiger partial charge in [-0.25, -0.2) is 4.98 Å². The van der Waals surface area contributed by atoms with Gasteiger partial charge in [-0.1, -0.05) is 0 Å². The Hall–Kier alpha value is -2.54. The van der Waals surface area contributed by atoms with Crippen LogP contribution in [0.1, 0.15) is 5.56 Å². The molecule has 0 N–H and O–H groups in total. The van der Waals surface area contributed by atoms with Crippen molar-refractivity contribution in [1.29, 1.82) is 0 Å². The first-order valence-electron chi connectivity index (χ1n) is 6.22. The van der Waals surface area contributed by atoms with E-state index in [1.165, 1.54) is 0 Å². The third kappa shape index (κ3) is 3.14. The molecule has 106 valence electrons. The summed E-state index contributed by atoms with van der Waals surface area (Å²) in [6.45, 7) is 0.645. The Morgan fingerprint density at radius 1 is 1.10 bits per heavy atom. The highest BCUT2D eigenvalue weighted by Crippen LogP contribution is 2.14. The molecule has 0 aliphatic rings. The maximum atomic E-state index is 5.98. The fourth-order valence-electron chi connectivity index (χ4n) is 1.83. The maximum Gasteiger partial charge on any atom is 0.241 e. The molecule has 0 fully saturated rings. The van der Waals surface area contributed by atoms with Crippen LogP contribution < -0.4 is 4.90 Å². The van der Waals surface area contributed by atoms with E-state index in [-0.39, 0.29) is 5.28 Å². The predicted octanol–water partition coefficient (Wildman–Crippen LogP) is 1.74. The summed E-state index contributed by atoms with van der Waals surface area (Å²) in [5.74, 6) is 0.930. The largest absolute Gasteiger partial charge is 0.339 e. The van der Waals surface area contributed by atoms with Gasteiger partial charge in [0.25, 0.3) is 0 Å². The van der Waals surface area contributed by atoms with E-state index in [0.717, 1.165) is 5.56 Å². The molecule has 3 heterocycles. The summed E-state index contributed by atoms with van der Waals surface area (Å²) < 4.78 is 1.68. The number of hydrogen-bond acceptors (Lipinski definition) is 6. The fraction of sp³-hybridized carbons (Fsp3) is 0.154. The van der Waals surface area contributed by atoms with Crippen LogP contribution in [0.5, 0.6) is 0 Å². The zero-order valence-corrected chi connectivity index (χ0v) is 12.0. The molecule has 8 heteroatoms. The number of hydrogen-bond donors (Lipinski definition) is 0. The van der Waals surface area contributed by atoms with E-state index in [1.54, 1.807) is 35.7 Å². The lowest BCUT2D eigenvalue weighted by atomic mass is 10.2. The third-order valence-electron chi connectivity index (χ3n) is 2.83. The number of pyridine rings is 1. The maximum absolute atomic E-state index is 5.98. The quantitative estimate of drug-likeness (QED) is 0.731. The highest BCUT2D eigenvalue weighted by molar-refractivity contribution is 6.28. The summed E-state index contributed by atoms with van der Waals surface area (Å²) in [7, 11) is 1.89. The number of anilines is 1. The van der Waals surface area contributed by atoms with Crippen molar-refractivity contribution in [1.82, 2.24) is 29.5 Å². The zero-order chi connectivity index (χ0) is 14.7. The van der Waals surface area contributed by atoms with Crippen LogP contribution in [0.4, 0.5) is 5.95 Å². The van der Waals surface area contributed by atoms with Crippen LogP contribution in [0.15, 0.2) is 43.2 Å². The van der Waals surface area contributed by atoms with Gasteiger partial charge in [0, 0.05) is 38.4 Å². The Morgan fingerprint density at radius 2 is 1.90 bits per heavy atom. The topological polar surface area (TPSA) is 72.6 Å². The van der Waals surface area contributed by atoms with Gasteiger partial charge < -0.3 is 4.90 Å². The van der Waals surface area contributed by atoms with Gasteiger partial charge in [-0.2, -0.15) is 15.0 Å². The minimum absolute atomic E-state index is 0.144. The van der Waals surface area contributed by atoms with Crippen molar-refractivity contribution in [2.75, 3.05) is 11.9 Å². The predicted molar refractivity (Wildman–Crippen MR) is 78.3 cm³/mol. The van der Waals surface area contributed by atoms with E-state index in [4.69, 9.17) is 11.6 Å². The number of aromatic nitrogens is 6. The van der Waals surface area contributed by atoms with Crippen molar-refractivity contribution in [2.45, 2.75) is 6.54 Å². The van der Waals surface area contributed by atoms with Gasteiger partial charge in [0.2, 0.25) is 17.2 Å². The highest BCUT2D eigenvalue weighted by atomic mass is 35.5. The van der Waals surface area contributed by atoms with E-state index in [1.807, 2.05) is 24.1 Å². The van der Waals surface area contributed by atoms with Crippen LogP contribution in [0.3, 0.4) is 0 Å². The Labute approximate surface area is 126 Å². The molecule has 0 bridgehead atoms. The molecule has 0 saturated carbocycles. The molecule has 0 aromatic carbocycles. The number of halogens is 1. The summed E-state index contributed by atoms with van der Waals surface area (Å²) in [5, 5.41) is 0.144. The summed E-state index contributed by atoms with van der Waals surface area (Å²) >= 11 is 5.98. The third-order valence-corrected chi connectivity index (χ3v) is 3.00. The summed E-state index contributed by atoms with van der Waals surface area (Å²) in [6.07, 6.45) is 8.51. The van der Waals surface area contributed by atoms with Gasteiger partial charge in [0.1, 0.15) is 6.33 Å². The summed E-state index contributed by atoms with van der Waals surface area (Å²) in [4.78, 5) is 22.5. The molecule has 0 amide bonds. The summed E-state index contributed by atoms with van der Waals surface area (Å²) in [6, 6.07) is 3.88. The molecule has 0 saturated heterocycles. The Balaban J connectivity index is 1.88. The molecule has 3 rings (SSSR count). The van der Waals surface area contributed by atoms with E-state index < -0.39 is 0 Å². The minimum atomic E-state index is 0.144. The zero-order valence-electron chi connectivity index (χ0n) is 11.3. The highest BCUT2D eigenvalue weighted by Gasteiger charge is 2.11. The van der Waals surface area contributed by atoms with E-state index in [0.29, 0.717) is 18.4 Å². The monoisotopic (exact) mass is 301 g/mol. The molecule has 0 unspecified atom stereocenters. The first-order chi connectivity index (χ1) is 10.2. The molecule has 21 heavy (non-hydrogen) atoms. The van der Waals surface area contributed by atoms with Crippen LogP contribution in [-0.2, 0) is 6.54 Å². The van der Waals surface area contributed by atoms with E-state index in [2.05, 4.69) is 24.9 Å². The van der Waals surface area contributed by atoms with Crippen LogP contribution >= 0.6 is 11.6 Å². The lowest BCUT2D eigenvalue weighted by Gasteiger charge is -2.17. The van der Waals surface area contributed by atoms with Gasteiger partial charge in [-0.3, -0.25) is 9.55 Å². The second kappa shape index (κ2) is 5.84. The van der Waals surface area contributed by atoms with E-state index >= 15 is 0 Å². The van der Waals surface area contributed by atoms with Gasteiger partial charge in [-0.05, 0) is 29.3 Å². The number of imidazole rings is 1. The molecule has 0 atom stereocenters. The Kier molecular flexibility index (Phi) is 3.74. The fourth-order valence-corrected chi connectivity index (χ4v) is 1.98.